The molecular weight excluding hydrogens is 538 g/mol. The van der Waals surface area contributed by atoms with Crippen molar-refractivity contribution in [1.82, 2.24) is 14.8 Å². The van der Waals surface area contributed by atoms with Crippen molar-refractivity contribution in [2.24, 2.45) is 0 Å². The molecule has 10 heteroatoms. The first kappa shape index (κ1) is 26.4. The van der Waals surface area contributed by atoms with E-state index in [0.29, 0.717) is 34.5 Å². The molecule has 3 aromatic heterocycles. The predicted molar refractivity (Wildman–Crippen MR) is 156 cm³/mol. The van der Waals surface area contributed by atoms with E-state index in [-0.39, 0.29) is 23.4 Å². The standard InChI is InChI=1S/C31H27N5O4S/c37-31(33-28-14-5-7-17-35(28)38)24-12-8-9-22(19-24)20-26-29(27-13-4-6-16-32-27)34-36(25-15-18-41(39,40)21-25)30(26)23-10-2-1-3-11-23/h1-14,16-17,19,25H,15,18,20-21H2,(H,33,37). The molecule has 1 unspecified atom stereocenters. The third-order valence-electron chi connectivity index (χ3n) is 7.15. The first-order chi connectivity index (χ1) is 19.9. The topological polar surface area (TPSA) is 121 Å². The fourth-order valence-electron chi connectivity index (χ4n) is 5.22. The Morgan fingerprint density at radius 2 is 1.80 bits per heavy atom. The van der Waals surface area contributed by atoms with Crippen molar-refractivity contribution in [2.45, 2.75) is 18.9 Å². The third kappa shape index (κ3) is 5.59. The second kappa shape index (κ2) is 11.0. The number of benzene rings is 2. The van der Waals surface area contributed by atoms with Gasteiger partial charge in [0.05, 0.1) is 40.7 Å². The number of hydrogen-bond donors (Lipinski definition) is 1. The Morgan fingerprint density at radius 3 is 2.54 bits per heavy atom. The minimum atomic E-state index is -3.16. The van der Waals surface area contributed by atoms with Crippen LogP contribution in [0.3, 0.4) is 0 Å². The second-order valence-corrected chi connectivity index (χ2v) is 12.2. The van der Waals surface area contributed by atoms with Gasteiger partial charge in [-0.05, 0) is 42.3 Å². The van der Waals surface area contributed by atoms with Gasteiger partial charge in [0.25, 0.3) is 5.82 Å². The predicted octanol–water partition coefficient (Wildman–Crippen LogP) is 4.45. The summed E-state index contributed by atoms with van der Waals surface area (Å²) in [6.45, 7) is 0. The van der Waals surface area contributed by atoms with Gasteiger partial charge in [0.15, 0.2) is 9.84 Å². The number of nitrogens with zero attached hydrogens (tertiary/aromatic N) is 4. The van der Waals surface area contributed by atoms with Crippen molar-refractivity contribution in [3.8, 4) is 22.6 Å². The van der Waals surface area contributed by atoms with Crippen LogP contribution in [0.5, 0.6) is 0 Å². The molecule has 1 aliphatic heterocycles. The summed E-state index contributed by atoms with van der Waals surface area (Å²) in [5.74, 6) is -0.103. The highest BCUT2D eigenvalue weighted by molar-refractivity contribution is 7.91. The van der Waals surface area contributed by atoms with Crippen LogP contribution in [-0.2, 0) is 16.3 Å². The largest absolute Gasteiger partial charge is 0.711 e. The number of nitrogens with one attached hydrogen (secondary N) is 1. The fraction of sp³-hybridized carbons (Fsp3) is 0.161. The summed E-state index contributed by atoms with van der Waals surface area (Å²) in [4.78, 5) is 17.6. The molecule has 1 saturated heterocycles. The Labute approximate surface area is 237 Å². The normalized spacial score (nSPS) is 16.0. The van der Waals surface area contributed by atoms with E-state index in [1.54, 1.807) is 36.5 Å². The van der Waals surface area contributed by atoms with E-state index < -0.39 is 15.7 Å². The Morgan fingerprint density at radius 1 is 1.00 bits per heavy atom. The Balaban J connectivity index is 1.44. The summed E-state index contributed by atoms with van der Waals surface area (Å²) >= 11 is 0. The zero-order valence-electron chi connectivity index (χ0n) is 22.1. The lowest BCUT2D eigenvalue weighted by molar-refractivity contribution is -0.590. The third-order valence-corrected chi connectivity index (χ3v) is 8.90. The summed E-state index contributed by atoms with van der Waals surface area (Å²) in [5.41, 5.74) is 5.24. The summed E-state index contributed by atoms with van der Waals surface area (Å²) in [6, 6.07) is 27.2. The van der Waals surface area contributed by atoms with E-state index in [1.165, 1.54) is 12.3 Å². The highest BCUT2D eigenvalue weighted by atomic mass is 32.2. The molecule has 1 aliphatic rings. The average Bonchev–Trinajstić information content (AvgIpc) is 3.55. The zero-order valence-corrected chi connectivity index (χ0v) is 22.9. The Bertz CT molecular complexity index is 1820. The molecule has 2 aromatic carbocycles. The van der Waals surface area contributed by atoms with Gasteiger partial charge in [0.1, 0.15) is 5.69 Å². The van der Waals surface area contributed by atoms with Gasteiger partial charge in [-0.3, -0.25) is 9.67 Å². The van der Waals surface area contributed by atoms with Gasteiger partial charge in [-0.2, -0.15) is 5.10 Å². The molecule has 6 rings (SSSR count). The van der Waals surface area contributed by atoms with Crippen molar-refractivity contribution in [2.75, 3.05) is 16.8 Å². The van der Waals surface area contributed by atoms with Crippen molar-refractivity contribution in [3.63, 3.8) is 0 Å². The fourth-order valence-corrected chi connectivity index (χ4v) is 6.91. The van der Waals surface area contributed by atoms with Gasteiger partial charge < -0.3 is 5.21 Å². The Kier molecular flexibility index (Phi) is 7.07. The molecule has 41 heavy (non-hydrogen) atoms. The number of anilines is 1. The molecule has 1 fully saturated rings. The molecular formula is C31H27N5O4S. The first-order valence-electron chi connectivity index (χ1n) is 13.2. The van der Waals surface area contributed by atoms with Crippen molar-refractivity contribution < 1.29 is 17.9 Å². The first-order valence-corrected chi connectivity index (χ1v) is 15.1. The summed E-state index contributed by atoms with van der Waals surface area (Å²) in [7, 11) is -3.16. The van der Waals surface area contributed by atoms with Crippen LogP contribution in [0.25, 0.3) is 22.6 Å². The van der Waals surface area contributed by atoms with E-state index in [1.807, 2.05) is 59.3 Å². The Hall–Kier alpha value is -4.83. The van der Waals surface area contributed by atoms with Gasteiger partial charge in [-0.15, -0.1) is 0 Å². The maximum atomic E-state index is 13.0. The quantitative estimate of drug-likeness (QED) is 0.230. The molecule has 1 amide bonds. The smallest absolute Gasteiger partial charge is 0.339 e. The lowest BCUT2D eigenvalue weighted by Gasteiger charge is -2.15. The molecule has 206 valence electrons. The number of amides is 1. The minimum absolute atomic E-state index is 0.0322. The molecule has 0 bridgehead atoms. The maximum absolute atomic E-state index is 13.0. The van der Waals surface area contributed by atoms with Crippen LogP contribution in [0.1, 0.15) is 33.9 Å². The second-order valence-electron chi connectivity index (χ2n) is 10.0. The number of aromatic nitrogens is 4. The van der Waals surface area contributed by atoms with E-state index in [9.17, 15) is 18.4 Å². The molecule has 9 nitrogen and oxygen atoms in total. The molecule has 4 heterocycles. The highest BCUT2D eigenvalue weighted by Crippen LogP contribution is 2.37. The lowest BCUT2D eigenvalue weighted by atomic mass is 9.96. The van der Waals surface area contributed by atoms with E-state index >= 15 is 0 Å². The SMILES string of the molecule is O=C(Nc1cccc[n+]1[O-])c1cccc(Cc2c(-c3ccccn3)nn(C3CCS(=O)(=O)C3)c2-c2ccccc2)c1. The molecule has 0 saturated carbocycles. The van der Waals surface area contributed by atoms with Gasteiger partial charge in [-0.1, -0.05) is 54.6 Å². The van der Waals surface area contributed by atoms with Crippen molar-refractivity contribution >= 4 is 21.6 Å². The molecule has 1 N–H and O–H groups in total. The summed E-state index contributed by atoms with van der Waals surface area (Å²) < 4.78 is 27.4. The van der Waals surface area contributed by atoms with Crippen LogP contribution in [0.15, 0.2) is 103 Å². The number of carbonyl (C=O) groups is 1. The van der Waals surface area contributed by atoms with Crippen LogP contribution < -0.4 is 10.0 Å². The number of carbonyl (C=O) groups excluding carboxylic acids is 1. The number of hydrogen-bond acceptors (Lipinski definition) is 6. The lowest BCUT2D eigenvalue weighted by Crippen LogP contribution is -2.32. The number of pyridine rings is 2. The molecule has 0 aliphatic carbocycles. The van der Waals surface area contributed by atoms with Crippen molar-refractivity contribution in [3.05, 3.63) is 125 Å². The number of sulfone groups is 1. The van der Waals surface area contributed by atoms with Gasteiger partial charge in [0, 0.05) is 29.8 Å². The molecule has 0 spiro atoms. The van der Waals surface area contributed by atoms with E-state index in [4.69, 9.17) is 5.10 Å². The molecule has 5 aromatic rings. The van der Waals surface area contributed by atoms with Crippen LogP contribution in [0.2, 0.25) is 0 Å². The maximum Gasteiger partial charge on any atom is 0.339 e. The van der Waals surface area contributed by atoms with Crippen LogP contribution in [0, 0.1) is 5.21 Å². The van der Waals surface area contributed by atoms with E-state index in [0.717, 1.165) is 22.4 Å². The highest BCUT2D eigenvalue weighted by Gasteiger charge is 2.33. The zero-order chi connectivity index (χ0) is 28.4. The molecule has 1 atom stereocenters. The van der Waals surface area contributed by atoms with Gasteiger partial charge >= 0.3 is 5.91 Å². The molecule has 0 radical (unpaired) electrons. The minimum Gasteiger partial charge on any atom is -0.711 e. The van der Waals surface area contributed by atoms with Gasteiger partial charge in [0.2, 0.25) is 0 Å². The van der Waals surface area contributed by atoms with Crippen LogP contribution in [-0.4, -0.2) is 40.6 Å². The average molecular weight is 566 g/mol. The monoisotopic (exact) mass is 565 g/mol. The van der Waals surface area contributed by atoms with E-state index in [2.05, 4.69) is 10.3 Å². The number of rotatable bonds is 7. The summed E-state index contributed by atoms with van der Waals surface area (Å²) in [5, 5.41) is 19.7. The summed E-state index contributed by atoms with van der Waals surface area (Å²) in [6.07, 6.45) is 3.93. The van der Waals surface area contributed by atoms with Gasteiger partial charge in [-0.25, -0.2) is 23.3 Å². The van der Waals surface area contributed by atoms with Crippen molar-refractivity contribution in [1.29, 1.82) is 0 Å². The van der Waals surface area contributed by atoms with Crippen LogP contribution >= 0.6 is 0 Å². The van der Waals surface area contributed by atoms with Crippen LogP contribution in [0.4, 0.5) is 5.82 Å².